The van der Waals surface area contributed by atoms with Gasteiger partial charge in [-0.15, -0.1) is 0 Å². The van der Waals surface area contributed by atoms with E-state index >= 15 is 0 Å². The molecule has 0 N–H and O–H groups in total. The SMILES string of the molecule is [2H]c1ccc(-n2c3c([2H])c([2H])c([2H])c([2H])c3c3c([2H])c(-c4c([2H])c([2H])c5c(c4[2H])c4c([2H])c([2H])c([2H])c([2H])c4n5-c4c([2H])c([2H])c5c6c([2H])c([2H])c([2H])c([2H])c6n(-c6ccc([2H])cc6)c5c4[2H])c([2H])c([2H])c32)cc1. The number of fused-ring (bicyclic) bond motifs is 9. The molecule has 0 aliphatic heterocycles. The Labute approximate surface area is 326 Å². The van der Waals surface area contributed by atoms with Gasteiger partial charge < -0.3 is 13.7 Å². The Kier molecular flexibility index (Phi) is 2.93. The molecule has 0 saturated heterocycles. The first-order chi connectivity index (χ1) is 34.9. The van der Waals surface area contributed by atoms with E-state index < -0.39 is 166 Å². The summed E-state index contributed by atoms with van der Waals surface area (Å²) in [6, 6.07) is -3.86. The van der Waals surface area contributed by atoms with Gasteiger partial charge in [-0.25, -0.2) is 0 Å². The molecule has 11 rings (SSSR count). The zero-order valence-corrected chi connectivity index (χ0v) is 26.0. The van der Waals surface area contributed by atoms with Crippen LogP contribution in [0.2, 0.25) is 0 Å². The third-order valence-corrected chi connectivity index (χ3v) is 8.85. The molecule has 3 aromatic heterocycles. The largest absolute Gasteiger partial charge is 0.309 e. The number of hydrogen-bond acceptors (Lipinski definition) is 0. The highest BCUT2D eigenvalue weighted by Crippen LogP contribution is 2.40. The molecule has 3 heteroatoms. The zero-order valence-electron chi connectivity index (χ0n) is 49.0. The maximum absolute atomic E-state index is 9.97. The van der Waals surface area contributed by atoms with E-state index in [9.17, 15) is 15.1 Å². The molecule has 51 heavy (non-hydrogen) atoms. The van der Waals surface area contributed by atoms with Gasteiger partial charge in [0.1, 0.15) is 0 Å². The van der Waals surface area contributed by atoms with Crippen LogP contribution in [-0.4, -0.2) is 13.7 Å². The summed E-state index contributed by atoms with van der Waals surface area (Å²) in [7, 11) is 0. The molecule has 0 aliphatic carbocycles. The predicted octanol–water partition coefficient (Wildman–Crippen LogP) is 12.6. The average Bonchev–Trinajstić information content (AvgIpc) is 4.10. The van der Waals surface area contributed by atoms with Crippen molar-refractivity contribution in [2.24, 2.45) is 0 Å². The van der Waals surface area contributed by atoms with Crippen LogP contribution in [0.1, 0.15) is 31.5 Å². The summed E-state index contributed by atoms with van der Waals surface area (Å²) in [5.74, 6) is 0. The van der Waals surface area contributed by atoms with Crippen LogP contribution in [0.4, 0.5) is 0 Å². The first-order valence-corrected chi connectivity index (χ1v) is 15.7. The van der Waals surface area contributed by atoms with Crippen molar-refractivity contribution in [2.75, 3.05) is 0 Å². The highest BCUT2D eigenvalue weighted by molar-refractivity contribution is 6.14. The van der Waals surface area contributed by atoms with E-state index in [1.54, 1.807) is 0 Å². The minimum atomic E-state index is -0.905. The van der Waals surface area contributed by atoms with Gasteiger partial charge in [-0.3, -0.25) is 0 Å². The minimum Gasteiger partial charge on any atom is -0.309 e. The van der Waals surface area contributed by atoms with Crippen molar-refractivity contribution >= 4 is 65.4 Å². The van der Waals surface area contributed by atoms with Crippen LogP contribution in [0.25, 0.3) is 93.6 Å². The van der Waals surface area contributed by atoms with Gasteiger partial charge in [0.05, 0.1) is 64.6 Å². The molecule has 0 atom stereocenters. The van der Waals surface area contributed by atoms with Crippen molar-refractivity contribution in [3.8, 4) is 28.2 Å². The normalized spacial score (nSPS) is 18.2. The van der Waals surface area contributed by atoms with Crippen LogP contribution in [0, 0.1) is 0 Å². The maximum Gasteiger partial charge on any atom is 0.0667 e. The lowest BCUT2D eigenvalue weighted by Gasteiger charge is -2.11. The molecule has 238 valence electrons. The Bertz CT molecular complexity index is 4440. The second-order valence-electron chi connectivity index (χ2n) is 11.6. The third-order valence-electron chi connectivity index (χ3n) is 8.85. The fourth-order valence-corrected chi connectivity index (χ4v) is 6.69. The fraction of sp³-hybridized carbons (Fsp3) is 0. The van der Waals surface area contributed by atoms with Gasteiger partial charge in [0.15, 0.2) is 0 Å². The van der Waals surface area contributed by atoms with E-state index in [4.69, 9.17) is 16.4 Å². The number of para-hydroxylation sites is 5. The number of nitrogens with zero attached hydrogens (tertiary/aromatic N) is 3. The third kappa shape index (κ3) is 4.12. The van der Waals surface area contributed by atoms with E-state index in [0.717, 1.165) is 4.57 Å². The second kappa shape index (κ2) is 10.8. The van der Waals surface area contributed by atoms with E-state index in [1.807, 2.05) is 0 Å². The molecule has 0 spiro atoms. The lowest BCUT2D eigenvalue weighted by molar-refractivity contribution is 1.15. The molecule has 11 aromatic rings. The summed E-state index contributed by atoms with van der Waals surface area (Å²) in [6.45, 7) is 0. The fourth-order valence-electron chi connectivity index (χ4n) is 6.69. The standard InChI is InChI=1S/C48H31N3/c1-3-13-34(14-4-1)49-44-21-11-8-18-38(44)41-29-32(23-27-46(41)49)33-24-28-47-42(30-33)39-19-9-12-22-45(39)51(47)36-25-26-40-37-17-7-10-20-43(37)50(48(40)31-36)35-15-5-2-6-16-35/h1-31H/i1D,2D,7D,8D,9D,10D,11D,12D,17D,18D,19D,20D,21D,22D,23D,24D,25D,26D,27D,28D,29D,30D,31D. The van der Waals surface area contributed by atoms with Gasteiger partial charge in [-0.1, -0.05) is 109 Å². The van der Waals surface area contributed by atoms with E-state index in [-0.39, 0.29) is 67.1 Å². The van der Waals surface area contributed by atoms with Crippen LogP contribution in [0.3, 0.4) is 0 Å². The predicted molar refractivity (Wildman–Crippen MR) is 215 cm³/mol. The molecule has 8 aromatic carbocycles. The van der Waals surface area contributed by atoms with Crippen molar-refractivity contribution in [1.29, 1.82) is 0 Å². The lowest BCUT2D eigenvalue weighted by Crippen LogP contribution is -1.96. The van der Waals surface area contributed by atoms with E-state index in [0.29, 0.717) is 0 Å². The Morgan fingerprint density at radius 1 is 0.294 bits per heavy atom. The van der Waals surface area contributed by atoms with Gasteiger partial charge >= 0.3 is 0 Å². The minimum absolute atomic E-state index is 0.0571. The number of benzene rings is 8. The van der Waals surface area contributed by atoms with Crippen molar-refractivity contribution in [1.82, 2.24) is 13.7 Å². The first kappa shape index (κ1) is 13.8. The van der Waals surface area contributed by atoms with Crippen LogP contribution in [0.15, 0.2) is 188 Å². The van der Waals surface area contributed by atoms with Crippen LogP contribution < -0.4 is 0 Å². The van der Waals surface area contributed by atoms with Crippen LogP contribution >= 0.6 is 0 Å². The maximum atomic E-state index is 9.97. The summed E-state index contributed by atoms with van der Waals surface area (Å²) in [4.78, 5) is 0. The molecule has 3 heterocycles. The van der Waals surface area contributed by atoms with Gasteiger partial charge in [-0.05, 0) is 89.8 Å². The number of hydrogen-bond donors (Lipinski definition) is 0. The number of rotatable bonds is 4. The van der Waals surface area contributed by atoms with Crippen molar-refractivity contribution in [3.05, 3.63) is 188 Å². The molecule has 0 fully saturated rings. The molecular weight excluding hydrogens is 619 g/mol. The quantitative estimate of drug-likeness (QED) is 0.177. The summed E-state index contributed by atoms with van der Waals surface area (Å²) in [5, 5.41) is -2.03. The van der Waals surface area contributed by atoms with Gasteiger partial charge in [0.2, 0.25) is 0 Å². The highest BCUT2D eigenvalue weighted by atomic mass is 15.0. The van der Waals surface area contributed by atoms with Gasteiger partial charge in [0.25, 0.3) is 0 Å². The molecule has 0 unspecified atom stereocenters. The molecule has 0 bridgehead atoms. The highest BCUT2D eigenvalue weighted by Gasteiger charge is 2.18. The topological polar surface area (TPSA) is 14.8 Å². The summed E-state index contributed by atoms with van der Waals surface area (Å²) < 4.78 is 213. The van der Waals surface area contributed by atoms with Crippen molar-refractivity contribution < 1.29 is 31.5 Å². The smallest absolute Gasteiger partial charge is 0.0667 e. The second-order valence-corrected chi connectivity index (χ2v) is 11.6. The Morgan fingerprint density at radius 3 is 1.20 bits per heavy atom. The molecular formula is C48H31N3. The van der Waals surface area contributed by atoms with Crippen molar-refractivity contribution in [3.63, 3.8) is 0 Å². The Hall–Kier alpha value is -6.84. The molecule has 0 amide bonds. The molecule has 0 radical (unpaired) electrons. The molecule has 0 aliphatic rings. The van der Waals surface area contributed by atoms with Gasteiger partial charge in [0, 0.05) is 49.4 Å². The van der Waals surface area contributed by atoms with Gasteiger partial charge in [-0.2, -0.15) is 0 Å². The Balaban J connectivity index is 1.34. The monoisotopic (exact) mass is 672 g/mol. The Morgan fingerprint density at radius 2 is 0.686 bits per heavy atom. The zero-order chi connectivity index (χ0) is 53.5. The summed E-state index contributed by atoms with van der Waals surface area (Å²) in [6.07, 6.45) is 0. The van der Waals surface area contributed by atoms with Crippen LogP contribution in [-0.2, 0) is 0 Å². The van der Waals surface area contributed by atoms with Crippen molar-refractivity contribution in [2.45, 2.75) is 0 Å². The van der Waals surface area contributed by atoms with Crippen LogP contribution in [0.5, 0.6) is 0 Å². The first-order valence-electron chi connectivity index (χ1n) is 27.2. The molecule has 3 nitrogen and oxygen atoms in total. The molecule has 0 saturated carbocycles. The van der Waals surface area contributed by atoms with E-state index in [1.165, 1.54) is 57.7 Å². The average molecular weight is 673 g/mol. The summed E-state index contributed by atoms with van der Waals surface area (Å²) >= 11 is 0. The van der Waals surface area contributed by atoms with E-state index in [2.05, 4.69) is 0 Å². The summed E-state index contributed by atoms with van der Waals surface area (Å²) in [5.41, 5.74) is -3.52. The number of aromatic nitrogens is 3. The lowest BCUT2D eigenvalue weighted by atomic mass is 10.0.